The van der Waals surface area contributed by atoms with Gasteiger partial charge in [-0.3, -0.25) is 14.4 Å². The van der Waals surface area contributed by atoms with Gasteiger partial charge in [0, 0.05) is 11.7 Å². The lowest BCUT2D eigenvalue weighted by Crippen LogP contribution is -2.38. The Kier molecular flexibility index (Phi) is 6.79. The van der Waals surface area contributed by atoms with Gasteiger partial charge in [-0.15, -0.1) is 0 Å². The number of hydrogen-bond acceptors (Lipinski definition) is 5. The number of carbonyl (C=O) groups is 3. The molecule has 0 atom stereocenters. The molecule has 2 aromatic rings. The van der Waals surface area contributed by atoms with Gasteiger partial charge in [-0.1, -0.05) is 24.3 Å². The molecule has 1 fully saturated rings. The van der Waals surface area contributed by atoms with Gasteiger partial charge in [0.25, 0.3) is 5.91 Å². The van der Waals surface area contributed by atoms with Crippen molar-refractivity contribution >= 4 is 29.6 Å². The first-order valence-corrected chi connectivity index (χ1v) is 9.64. The van der Waals surface area contributed by atoms with E-state index in [9.17, 15) is 14.4 Å². The largest absolute Gasteiger partial charge is 0.484 e. The van der Waals surface area contributed by atoms with E-state index in [2.05, 4.69) is 21.2 Å². The molecule has 0 aromatic heterocycles. The summed E-state index contributed by atoms with van der Waals surface area (Å²) in [6, 6.07) is 12.8. The number of ether oxygens (including phenoxy) is 1. The van der Waals surface area contributed by atoms with Crippen LogP contribution in [-0.2, 0) is 14.4 Å². The van der Waals surface area contributed by atoms with Gasteiger partial charge in [0.2, 0.25) is 0 Å². The van der Waals surface area contributed by atoms with Gasteiger partial charge in [0.1, 0.15) is 5.75 Å². The van der Waals surface area contributed by atoms with Crippen molar-refractivity contribution in [3.05, 3.63) is 59.2 Å². The van der Waals surface area contributed by atoms with Crippen LogP contribution in [0.3, 0.4) is 0 Å². The molecule has 8 nitrogen and oxygen atoms in total. The molecule has 0 aliphatic heterocycles. The average Bonchev–Trinajstić information content (AvgIpc) is 3.53. The van der Waals surface area contributed by atoms with Crippen LogP contribution < -0.4 is 20.8 Å². The van der Waals surface area contributed by atoms with Crippen molar-refractivity contribution in [3.63, 3.8) is 0 Å². The number of anilines is 1. The van der Waals surface area contributed by atoms with Crippen molar-refractivity contribution in [1.29, 1.82) is 0 Å². The molecular formula is C22H24N4O4. The van der Waals surface area contributed by atoms with Crippen LogP contribution in [0.25, 0.3) is 0 Å². The first kappa shape index (κ1) is 21.0. The van der Waals surface area contributed by atoms with Gasteiger partial charge in [-0.05, 0) is 61.6 Å². The third kappa shape index (κ3) is 6.44. The molecule has 0 unspecified atom stereocenters. The highest BCUT2D eigenvalue weighted by atomic mass is 16.5. The second-order valence-electron chi connectivity index (χ2n) is 7.17. The number of rotatable bonds is 7. The number of benzene rings is 2. The van der Waals surface area contributed by atoms with Gasteiger partial charge in [0.15, 0.2) is 6.61 Å². The van der Waals surface area contributed by atoms with Gasteiger partial charge >= 0.3 is 11.8 Å². The first-order chi connectivity index (χ1) is 14.4. The van der Waals surface area contributed by atoms with Gasteiger partial charge in [-0.25, -0.2) is 5.43 Å². The molecule has 156 valence electrons. The molecule has 0 bridgehead atoms. The average molecular weight is 408 g/mol. The quantitative estimate of drug-likeness (QED) is 0.370. The SMILES string of the molecule is Cc1ccc(C)c(NC(=O)COc2cccc(/C=N\NC(=O)C(=O)NC3CC3)c2)c1. The van der Waals surface area contributed by atoms with E-state index in [-0.39, 0.29) is 18.6 Å². The van der Waals surface area contributed by atoms with Crippen molar-refractivity contribution in [2.45, 2.75) is 32.7 Å². The Labute approximate surface area is 174 Å². The van der Waals surface area contributed by atoms with Gasteiger partial charge in [0.05, 0.1) is 6.21 Å². The predicted octanol–water partition coefficient (Wildman–Crippen LogP) is 2.05. The smallest absolute Gasteiger partial charge is 0.329 e. The minimum absolute atomic E-state index is 0.105. The second-order valence-corrected chi connectivity index (χ2v) is 7.17. The minimum Gasteiger partial charge on any atom is -0.484 e. The minimum atomic E-state index is -0.811. The Morgan fingerprint density at radius 3 is 2.67 bits per heavy atom. The number of aryl methyl sites for hydroxylation is 2. The zero-order valence-corrected chi connectivity index (χ0v) is 16.9. The van der Waals surface area contributed by atoms with E-state index < -0.39 is 11.8 Å². The van der Waals surface area contributed by atoms with E-state index in [1.165, 1.54) is 6.21 Å². The highest BCUT2D eigenvalue weighted by Crippen LogP contribution is 2.18. The van der Waals surface area contributed by atoms with Crippen LogP contribution in [0.1, 0.15) is 29.5 Å². The monoisotopic (exact) mass is 408 g/mol. The topological polar surface area (TPSA) is 109 Å². The highest BCUT2D eigenvalue weighted by molar-refractivity contribution is 6.35. The Balaban J connectivity index is 1.48. The summed E-state index contributed by atoms with van der Waals surface area (Å²) in [5.41, 5.74) is 5.61. The molecule has 30 heavy (non-hydrogen) atoms. The molecule has 3 amide bonds. The summed E-state index contributed by atoms with van der Waals surface area (Å²) in [6.07, 6.45) is 3.20. The summed E-state index contributed by atoms with van der Waals surface area (Å²) in [7, 11) is 0. The van der Waals surface area contributed by atoms with E-state index in [1.807, 2.05) is 32.0 Å². The Bertz CT molecular complexity index is 983. The lowest BCUT2D eigenvalue weighted by Gasteiger charge is -2.10. The van der Waals surface area contributed by atoms with E-state index in [4.69, 9.17) is 4.74 Å². The molecule has 2 aromatic carbocycles. The lowest BCUT2D eigenvalue weighted by atomic mass is 10.1. The maximum absolute atomic E-state index is 12.2. The van der Waals surface area contributed by atoms with Crippen LogP contribution in [0.15, 0.2) is 47.6 Å². The summed E-state index contributed by atoms with van der Waals surface area (Å²) < 4.78 is 5.54. The fraction of sp³-hybridized carbons (Fsp3) is 0.273. The predicted molar refractivity (Wildman–Crippen MR) is 113 cm³/mol. The van der Waals surface area contributed by atoms with E-state index in [0.29, 0.717) is 11.3 Å². The Morgan fingerprint density at radius 1 is 1.10 bits per heavy atom. The number of hydrogen-bond donors (Lipinski definition) is 3. The lowest BCUT2D eigenvalue weighted by molar-refractivity contribution is -0.139. The molecule has 1 aliphatic carbocycles. The van der Waals surface area contributed by atoms with E-state index in [0.717, 1.165) is 29.7 Å². The second kappa shape index (κ2) is 9.69. The Hall–Kier alpha value is -3.68. The van der Waals surface area contributed by atoms with Crippen LogP contribution in [0.2, 0.25) is 0 Å². The standard InChI is InChI=1S/C22H24N4O4/c1-14-6-7-15(2)19(10-14)25-20(27)13-30-18-5-3-4-16(11-18)12-23-26-22(29)21(28)24-17-8-9-17/h3-7,10-12,17H,8-9,13H2,1-2H3,(H,24,28)(H,25,27)(H,26,29)/b23-12-. The van der Waals surface area contributed by atoms with Crippen LogP contribution in [-0.4, -0.2) is 36.6 Å². The molecule has 0 radical (unpaired) electrons. The molecule has 0 spiro atoms. The maximum atomic E-state index is 12.2. The molecule has 3 N–H and O–H groups in total. The first-order valence-electron chi connectivity index (χ1n) is 9.64. The van der Waals surface area contributed by atoms with Crippen LogP contribution in [0, 0.1) is 13.8 Å². The van der Waals surface area contributed by atoms with Crippen LogP contribution >= 0.6 is 0 Å². The fourth-order valence-electron chi connectivity index (χ4n) is 2.59. The van der Waals surface area contributed by atoms with Crippen molar-refractivity contribution < 1.29 is 19.1 Å². The molecule has 8 heteroatoms. The zero-order valence-electron chi connectivity index (χ0n) is 16.9. The van der Waals surface area contributed by atoms with Crippen molar-refractivity contribution in [3.8, 4) is 5.75 Å². The highest BCUT2D eigenvalue weighted by Gasteiger charge is 2.26. The summed E-state index contributed by atoms with van der Waals surface area (Å²) in [6.45, 7) is 3.74. The number of amides is 3. The molecule has 3 rings (SSSR count). The normalized spacial score (nSPS) is 13.0. The zero-order chi connectivity index (χ0) is 21.5. The number of nitrogens with zero attached hydrogens (tertiary/aromatic N) is 1. The summed E-state index contributed by atoms with van der Waals surface area (Å²) in [4.78, 5) is 35.4. The van der Waals surface area contributed by atoms with E-state index in [1.54, 1.807) is 24.3 Å². The molecule has 0 saturated heterocycles. The van der Waals surface area contributed by atoms with Gasteiger partial charge in [-0.2, -0.15) is 5.10 Å². The van der Waals surface area contributed by atoms with Crippen molar-refractivity contribution in [2.75, 3.05) is 11.9 Å². The number of nitrogens with one attached hydrogen (secondary N) is 3. The molecule has 1 aliphatic rings. The summed E-state index contributed by atoms with van der Waals surface area (Å²) in [5, 5.41) is 9.20. The Morgan fingerprint density at radius 2 is 1.90 bits per heavy atom. The number of carbonyl (C=O) groups excluding carboxylic acids is 3. The maximum Gasteiger partial charge on any atom is 0.329 e. The van der Waals surface area contributed by atoms with Crippen molar-refractivity contribution in [1.82, 2.24) is 10.7 Å². The molecule has 1 saturated carbocycles. The van der Waals surface area contributed by atoms with Gasteiger partial charge < -0.3 is 15.4 Å². The van der Waals surface area contributed by atoms with Crippen molar-refractivity contribution in [2.24, 2.45) is 5.10 Å². The summed E-state index contributed by atoms with van der Waals surface area (Å²) >= 11 is 0. The van der Waals surface area contributed by atoms with Crippen LogP contribution in [0.4, 0.5) is 5.69 Å². The fourth-order valence-corrected chi connectivity index (χ4v) is 2.59. The number of hydrazone groups is 1. The third-order valence-electron chi connectivity index (χ3n) is 4.39. The van der Waals surface area contributed by atoms with E-state index >= 15 is 0 Å². The summed E-state index contributed by atoms with van der Waals surface area (Å²) in [5.74, 6) is -1.29. The molecule has 0 heterocycles. The third-order valence-corrected chi connectivity index (χ3v) is 4.39. The molecular weight excluding hydrogens is 384 g/mol. The van der Waals surface area contributed by atoms with Crippen LogP contribution in [0.5, 0.6) is 5.75 Å².